The van der Waals surface area contributed by atoms with Gasteiger partial charge in [0.1, 0.15) is 0 Å². The van der Waals surface area contributed by atoms with E-state index < -0.39 is 5.60 Å². The summed E-state index contributed by atoms with van der Waals surface area (Å²) in [6.45, 7) is 5.88. The summed E-state index contributed by atoms with van der Waals surface area (Å²) in [5.74, 6) is 0. The Morgan fingerprint density at radius 3 is 2.42 bits per heavy atom. The van der Waals surface area contributed by atoms with Crippen molar-refractivity contribution in [2.75, 3.05) is 0 Å². The average Bonchev–Trinajstić information content (AvgIpc) is 2.31. The maximum absolute atomic E-state index is 10.7. The van der Waals surface area contributed by atoms with Gasteiger partial charge in [-0.2, -0.15) is 0 Å². The number of aryl methyl sites for hydroxylation is 2. The summed E-state index contributed by atoms with van der Waals surface area (Å²) in [6.07, 6.45) is 3.77. The number of aliphatic hydroxyl groups is 1. The number of rotatable bonds is 3. The van der Waals surface area contributed by atoms with Gasteiger partial charge in [0, 0.05) is 18.8 Å². The number of pyridine rings is 1. The smallest absolute Gasteiger partial charge is 0.0909 e. The number of halogens is 1. The van der Waals surface area contributed by atoms with Crippen LogP contribution in [0.4, 0.5) is 0 Å². The van der Waals surface area contributed by atoms with Crippen molar-refractivity contribution < 1.29 is 5.11 Å². The third kappa shape index (κ3) is 3.34. The van der Waals surface area contributed by atoms with E-state index in [-0.39, 0.29) is 0 Å². The molecule has 0 fully saturated rings. The summed E-state index contributed by atoms with van der Waals surface area (Å²) in [6, 6.07) is 7.97. The lowest BCUT2D eigenvalue weighted by Gasteiger charge is -2.25. The van der Waals surface area contributed by atoms with Gasteiger partial charge in [0.05, 0.1) is 10.6 Å². The van der Waals surface area contributed by atoms with Crippen molar-refractivity contribution in [3.63, 3.8) is 0 Å². The van der Waals surface area contributed by atoms with Gasteiger partial charge in [-0.15, -0.1) is 0 Å². The Kier molecular flexibility index (Phi) is 3.93. The molecule has 0 saturated heterocycles. The molecular formula is C16H18ClNO. The highest BCUT2D eigenvalue weighted by molar-refractivity contribution is 6.31. The Morgan fingerprint density at radius 1 is 1.21 bits per heavy atom. The first-order valence-corrected chi connectivity index (χ1v) is 6.66. The van der Waals surface area contributed by atoms with E-state index in [1.54, 1.807) is 12.4 Å². The molecule has 1 N–H and O–H groups in total. The quantitative estimate of drug-likeness (QED) is 0.924. The second kappa shape index (κ2) is 5.32. The molecule has 3 heteroatoms. The number of hydrogen-bond acceptors (Lipinski definition) is 2. The Bertz CT molecular complexity index is 573. The van der Waals surface area contributed by atoms with Gasteiger partial charge in [-0.25, -0.2) is 0 Å². The van der Waals surface area contributed by atoms with Crippen LogP contribution in [0.25, 0.3) is 0 Å². The zero-order valence-corrected chi connectivity index (χ0v) is 12.2. The molecular weight excluding hydrogens is 258 g/mol. The molecule has 19 heavy (non-hydrogen) atoms. The summed E-state index contributed by atoms with van der Waals surface area (Å²) in [7, 11) is 0. The SMILES string of the molecule is Cc1cc(C)cc(C(C)(O)Cc2ccncc2Cl)c1. The minimum atomic E-state index is -0.943. The highest BCUT2D eigenvalue weighted by atomic mass is 35.5. The molecule has 0 spiro atoms. The van der Waals surface area contributed by atoms with Crippen molar-refractivity contribution in [3.05, 3.63) is 63.9 Å². The van der Waals surface area contributed by atoms with Gasteiger partial charge in [-0.05, 0) is 38.0 Å². The van der Waals surface area contributed by atoms with Crippen LogP contribution in [-0.4, -0.2) is 10.1 Å². The average molecular weight is 276 g/mol. The predicted octanol–water partition coefficient (Wildman–Crippen LogP) is 3.80. The van der Waals surface area contributed by atoms with Crippen molar-refractivity contribution in [1.29, 1.82) is 0 Å². The van der Waals surface area contributed by atoms with Crippen molar-refractivity contribution >= 4 is 11.6 Å². The van der Waals surface area contributed by atoms with Gasteiger partial charge in [0.15, 0.2) is 0 Å². The standard InChI is InChI=1S/C16H18ClNO/c1-11-6-12(2)8-14(7-11)16(3,19)9-13-4-5-18-10-15(13)17/h4-8,10,19H,9H2,1-3H3. The molecule has 1 heterocycles. The Labute approximate surface area is 119 Å². The molecule has 0 aliphatic carbocycles. The van der Waals surface area contributed by atoms with Gasteiger partial charge in [0.2, 0.25) is 0 Å². The van der Waals surface area contributed by atoms with Crippen LogP contribution in [0.15, 0.2) is 36.7 Å². The number of nitrogens with zero attached hydrogens (tertiary/aromatic N) is 1. The molecule has 1 unspecified atom stereocenters. The Balaban J connectivity index is 2.34. The van der Waals surface area contributed by atoms with E-state index in [4.69, 9.17) is 11.6 Å². The van der Waals surface area contributed by atoms with E-state index in [9.17, 15) is 5.11 Å². The summed E-state index contributed by atoms with van der Waals surface area (Å²) in [4.78, 5) is 3.96. The predicted molar refractivity (Wildman–Crippen MR) is 78.4 cm³/mol. The Morgan fingerprint density at radius 2 is 1.84 bits per heavy atom. The van der Waals surface area contributed by atoms with Crippen LogP contribution in [0.3, 0.4) is 0 Å². The monoisotopic (exact) mass is 275 g/mol. The van der Waals surface area contributed by atoms with E-state index in [0.29, 0.717) is 11.4 Å². The van der Waals surface area contributed by atoms with Crippen LogP contribution in [0.1, 0.15) is 29.2 Å². The largest absolute Gasteiger partial charge is 0.385 e. The lowest BCUT2D eigenvalue weighted by Crippen LogP contribution is -2.24. The van der Waals surface area contributed by atoms with Crippen LogP contribution in [-0.2, 0) is 12.0 Å². The van der Waals surface area contributed by atoms with E-state index >= 15 is 0 Å². The maximum atomic E-state index is 10.7. The topological polar surface area (TPSA) is 33.1 Å². The molecule has 2 aromatic rings. The van der Waals surface area contributed by atoms with Crippen LogP contribution >= 0.6 is 11.6 Å². The fourth-order valence-corrected chi connectivity index (χ4v) is 2.49. The summed E-state index contributed by atoms with van der Waals surface area (Å²) < 4.78 is 0. The van der Waals surface area contributed by atoms with Crippen LogP contribution < -0.4 is 0 Å². The van der Waals surface area contributed by atoms with Crippen LogP contribution in [0.2, 0.25) is 5.02 Å². The van der Waals surface area contributed by atoms with Gasteiger partial charge in [-0.3, -0.25) is 4.98 Å². The molecule has 1 aromatic carbocycles. The normalized spacial score (nSPS) is 14.2. The molecule has 2 rings (SSSR count). The van der Waals surface area contributed by atoms with Gasteiger partial charge >= 0.3 is 0 Å². The van der Waals surface area contributed by atoms with Crippen molar-refractivity contribution in [2.45, 2.75) is 32.8 Å². The number of hydrogen-bond donors (Lipinski definition) is 1. The molecule has 0 radical (unpaired) electrons. The molecule has 100 valence electrons. The van der Waals surface area contributed by atoms with Crippen molar-refractivity contribution in [1.82, 2.24) is 4.98 Å². The van der Waals surface area contributed by atoms with Crippen LogP contribution in [0, 0.1) is 13.8 Å². The summed E-state index contributed by atoms with van der Waals surface area (Å²) >= 11 is 6.11. The molecule has 1 atom stereocenters. The number of aromatic nitrogens is 1. The third-order valence-corrected chi connectivity index (χ3v) is 3.58. The fourth-order valence-electron chi connectivity index (χ4n) is 2.31. The van der Waals surface area contributed by atoms with E-state index in [0.717, 1.165) is 22.3 Å². The molecule has 0 aliphatic rings. The van der Waals surface area contributed by atoms with Crippen molar-refractivity contribution in [3.8, 4) is 0 Å². The second-order valence-electron chi connectivity index (χ2n) is 5.29. The Hall–Kier alpha value is -1.38. The first-order chi connectivity index (χ1) is 8.88. The fraction of sp³-hybridized carbons (Fsp3) is 0.312. The van der Waals surface area contributed by atoms with E-state index in [1.165, 1.54) is 0 Å². The first kappa shape index (κ1) is 14.0. The van der Waals surface area contributed by atoms with Crippen LogP contribution in [0.5, 0.6) is 0 Å². The lowest BCUT2D eigenvalue weighted by atomic mass is 9.87. The van der Waals surface area contributed by atoms with E-state index in [2.05, 4.69) is 11.1 Å². The van der Waals surface area contributed by atoms with Gasteiger partial charge in [-0.1, -0.05) is 40.9 Å². The molecule has 0 saturated carbocycles. The second-order valence-corrected chi connectivity index (χ2v) is 5.70. The number of benzene rings is 1. The third-order valence-electron chi connectivity index (χ3n) is 3.23. The first-order valence-electron chi connectivity index (χ1n) is 6.28. The molecule has 0 aliphatic heterocycles. The molecule has 0 bridgehead atoms. The summed E-state index contributed by atoms with van der Waals surface area (Å²) in [5, 5.41) is 11.3. The highest BCUT2D eigenvalue weighted by Crippen LogP contribution is 2.29. The molecule has 1 aromatic heterocycles. The highest BCUT2D eigenvalue weighted by Gasteiger charge is 2.25. The minimum absolute atomic E-state index is 0.469. The zero-order chi connectivity index (χ0) is 14.0. The summed E-state index contributed by atoms with van der Waals surface area (Å²) in [5.41, 5.74) is 3.17. The molecule has 2 nitrogen and oxygen atoms in total. The maximum Gasteiger partial charge on any atom is 0.0909 e. The zero-order valence-electron chi connectivity index (χ0n) is 11.4. The van der Waals surface area contributed by atoms with E-state index in [1.807, 2.05) is 39.0 Å². The van der Waals surface area contributed by atoms with Gasteiger partial charge in [0.25, 0.3) is 0 Å². The molecule has 0 amide bonds. The van der Waals surface area contributed by atoms with Crippen molar-refractivity contribution in [2.24, 2.45) is 0 Å². The van der Waals surface area contributed by atoms with Gasteiger partial charge < -0.3 is 5.11 Å². The lowest BCUT2D eigenvalue weighted by molar-refractivity contribution is 0.0575. The minimum Gasteiger partial charge on any atom is -0.385 e.